The molecule has 0 spiro atoms. The molecule has 0 heterocycles. The summed E-state index contributed by atoms with van der Waals surface area (Å²) in [5.41, 5.74) is 0.738. The van der Waals surface area contributed by atoms with Gasteiger partial charge in [0.05, 0.1) is 16.1 Å². The second-order valence-electron chi connectivity index (χ2n) is 3.60. The van der Waals surface area contributed by atoms with E-state index >= 15 is 0 Å². The number of ether oxygens (including phenoxy) is 1. The molecular weight excluding hydrogens is 339 g/mol. The normalized spacial score (nSPS) is 10.4. The predicted octanol–water partition coefficient (Wildman–Crippen LogP) is 5.04. The molecule has 2 aromatic rings. The van der Waals surface area contributed by atoms with Crippen molar-refractivity contribution in [3.8, 4) is 11.5 Å². The van der Waals surface area contributed by atoms with Crippen molar-refractivity contribution in [3.63, 3.8) is 0 Å². The first kappa shape index (κ1) is 13.7. The van der Waals surface area contributed by atoms with Crippen LogP contribution in [-0.2, 0) is 6.61 Å². The molecule has 5 heteroatoms. The summed E-state index contributed by atoms with van der Waals surface area (Å²) in [6.45, 7) is -0.0510. The molecule has 18 heavy (non-hydrogen) atoms. The first-order valence-electron chi connectivity index (χ1n) is 5.12. The van der Waals surface area contributed by atoms with Crippen LogP contribution in [0, 0.1) is 0 Å². The number of rotatable bonds is 3. The zero-order valence-corrected chi connectivity index (χ0v) is 12.3. The van der Waals surface area contributed by atoms with E-state index in [1.165, 1.54) is 0 Å². The molecule has 0 saturated heterocycles. The molecule has 2 nitrogen and oxygen atoms in total. The Morgan fingerprint density at radius 3 is 2.39 bits per heavy atom. The Kier molecular flexibility index (Phi) is 4.51. The Balaban J connectivity index is 2.28. The molecule has 0 unspecified atom stereocenters. The van der Waals surface area contributed by atoms with Crippen molar-refractivity contribution in [2.45, 2.75) is 6.61 Å². The summed E-state index contributed by atoms with van der Waals surface area (Å²) in [6, 6.07) is 10.4. The average molecular weight is 348 g/mol. The van der Waals surface area contributed by atoms with Crippen molar-refractivity contribution in [1.29, 1.82) is 0 Å². The van der Waals surface area contributed by atoms with Gasteiger partial charge in [-0.3, -0.25) is 0 Å². The Hall–Kier alpha value is -0.740. The van der Waals surface area contributed by atoms with E-state index in [1.807, 2.05) is 0 Å². The third kappa shape index (κ3) is 3.18. The minimum atomic E-state index is -0.0510. The van der Waals surface area contributed by atoms with Gasteiger partial charge >= 0.3 is 0 Å². The van der Waals surface area contributed by atoms with Crippen LogP contribution >= 0.6 is 39.1 Å². The molecule has 0 aromatic heterocycles. The monoisotopic (exact) mass is 346 g/mol. The second-order valence-corrected chi connectivity index (χ2v) is 5.30. The summed E-state index contributed by atoms with van der Waals surface area (Å²) in [4.78, 5) is 0. The van der Waals surface area contributed by atoms with Crippen LogP contribution in [0.1, 0.15) is 5.56 Å². The molecular formula is C13H9BrCl2O2. The van der Waals surface area contributed by atoms with Gasteiger partial charge in [-0.25, -0.2) is 0 Å². The highest BCUT2D eigenvalue weighted by atomic mass is 79.9. The fourth-order valence-corrected chi connectivity index (χ4v) is 2.41. The average Bonchev–Trinajstić information content (AvgIpc) is 2.34. The van der Waals surface area contributed by atoms with Gasteiger partial charge in [0, 0.05) is 5.02 Å². The van der Waals surface area contributed by atoms with Gasteiger partial charge in [-0.15, -0.1) is 0 Å². The summed E-state index contributed by atoms with van der Waals surface area (Å²) in [5.74, 6) is 1.15. The number of aliphatic hydroxyl groups is 1. The lowest BCUT2D eigenvalue weighted by molar-refractivity contribution is 0.281. The standard InChI is InChI=1S/C13H9BrCl2O2/c14-10-6-9(15)2-4-12(10)18-13-3-1-8(7-17)5-11(13)16/h1-6,17H,7H2. The Morgan fingerprint density at radius 2 is 1.78 bits per heavy atom. The summed E-state index contributed by atoms with van der Waals surface area (Å²) in [5, 5.41) is 10.1. The molecule has 1 N–H and O–H groups in total. The van der Waals surface area contributed by atoms with Gasteiger partial charge in [-0.05, 0) is 51.8 Å². The molecule has 0 amide bonds. The second kappa shape index (κ2) is 5.93. The van der Waals surface area contributed by atoms with Crippen LogP contribution < -0.4 is 4.74 Å². The third-order valence-electron chi connectivity index (χ3n) is 2.29. The molecule has 0 bridgehead atoms. The van der Waals surface area contributed by atoms with E-state index in [-0.39, 0.29) is 6.61 Å². The van der Waals surface area contributed by atoms with Gasteiger partial charge in [-0.2, -0.15) is 0 Å². The highest BCUT2D eigenvalue weighted by molar-refractivity contribution is 9.10. The minimum Gasteiger partial charge on any atom is -0.455 e. The summed E-state index contributed by atoms with van der Waals surface area (Å²) in [6.07, 6.45) is 0. The smallest absolute Gasteiger partial charge is 0.146 e. The molecule has 2 rings (SSSR count). The molecule has 0 atom stereocenters. The SMILES string of the molecule is OCc1ccc(Oc2ccc(Cl)cc2Br)c(Cl)c1. The molecule has 0 saturated carbocycles. The number of hydrogen-bond donors (Lipinski definition) is 1. The largest absolute Gasteiger partial charge is 0.455 e. The van der Waals surface area contributed by atoms with Crippen molar-refractivity contribution in [1.82, 2.24) is 0 Å². The van der Waals surface area contributed by atoms with E-state index in [9.17, 15) is 0 Å². The fourth-order valence-electron chi connectivity index (χ4n) is 1.40. The van der Waals surface area contributed by atoms with Gasteiger partial charge in [0.2, 0.25) is 0 Å². The molecule has 0 aliphatic carbocycles. The highest BCUT2D eigenvalue weighted by Crippen LogP contribution is 2.35. The summed E-state index contributed by atoms with van der Waals surface area (Å²) < 4.78 is 6.42. The van der Waals surface area contributed by atoms with Crippen LogP contribution in [0.5, 0.6) is 11.5 Å². The zero-order valence-electron chi connectivity index (χ0n) is 9.16. The molecule has 0 fully saturated rings. The predicted molar refractivity (Wildman–Crippen MR) is 76.6 cm³/mol. The van der Waals surface area contributed by atoms with Crippen LogP contribution in [0.2, 0.25) is 10.0 Å². The Morgan fingerprint density at radius 1 is 1.06 bits per heavy atom. The lowest BCUT2D eigenvalue weighted by Crippen LogP contribution is -1.89. The zero-order chi connectivity index (χ0) is 13.1. The maximum Gasteiger partial charge on any atom is 0.146 e. The van der Waals surface area contributed by atoms with Crippen molar-refractivity contribution < 1.29 is 9.84 Å². The van der Waals surface area contributed by atoms with E-state index in [1.54, 1.807) is 36.4 Å². The van der Waals surface area contributed by atoms with E-state index in [0.29, 0.717) is 21.5 Å². The Labute approximate surface area is 123 Å². The van der Waals surface area contributed by atoms with Crippen LogP contribution in [0.4, 0.5) is 0 Å². The molecule has 94 valence electrons. The first-order chi connectivity index (χ1) is 8.60. The minimum absolute atomic E-state index is 0.0510. The number of halogens is 3. The molecule has 0 aliphatic rings. The topological polar surface area (TPSA) is 29.5 Å². The van der Waals surface area contributed by atoms with Crippen LogP contribution in [-0.4, -0.2) is 5.11 Å². The first-order valence-corrected chi connectivity index (χ1v) is 6.67. The fraction of sp³-hybridized carbons (Fsp3) is 0.0769. The van der Waals surface area contributed by atoms with E-state index < -0.39 is 0 Å². The summed E-state index contributed by atoms with van der Waals surface area (Å²) >= 11 is 15.3. The van der Waals surface area contributed by atoms with Crippen LogP contribution in [0.15, 0.2) is 40.9 Å². The lowest BCUT2D eigenvalue weighted by Gasteiger charge is -2.10. The maximum absolute atomic E-state index is 9.00. The van der Waals surface area contributed by atoms with Gasteiger partial charge in [0.25, 0.3) is 0 Å². The quantitative estimate of drug-likeness (QED) is 0.842. The molecule has 2 aromatic carbocycles. The van der Waals surface area contributed by atoms with Crippen LogP contribution in [0.3, 0.4) is 0 Å². The van der Waals surface area contributed by atoms with Gasteiger partial charge in [-0.1, -0.05) is 29.3 Å². The number of benzene rings is 2. The van der Waals surface area contributed by atoms with E-state index in [0.717, 1.165) is 10.0 Å². The number of aliphatic hydroxyl groups excluding tert-OH is 1. The highest BCUT2D eigenvalue weighted by Gasteiger charge is 2.07. The van der Waals surface area contributed by atoms with Gasteiger partial charge in [0.15, 0.2) is 0 Å². The van der Waals surface area contributed by atoms with Gasteiger partial charge in [0.1, 0.15) is 11.5 Å². The van der Waals surface area contributed by atoms with Crippen molar-refractivity contribution >= 4 is 39.1 Å². The van der Waals surface area contributed by atoms with Crippen LogP contribution in [0.25, 0.3) is 0 Å². The van der Waals surface area contributed by atoms with E-state index in [2.05, 4.69) is 15.9 Å². The lowest BCUT2D eigenvalue weighted by atomic mass is 10.2. The van der Waals surface area contributed by atoms with E-state index in [4.69, 9.17) is 33.0 Å². The third-order valence-corrected chi connectivity index (χ3v) is 3.44. The maximum atomic E-state index is 9.00. The number of hydrogen-bond acceptors (Lipinski definition) is 2. The Bertz CT molecular complexity index is 573. The summed E-state index contributed by atoms with van der Waals surface area (Å²) in [7, 11) is 0. The van der Waals surface area contributed by atoms with Crippen molar-refractivity contribution in [2.24, 2.45) is 0 Å². The molecule has 0 aliphatic heterocycles. The van der Waals surface area contributed by atoms with Crippen molar-refractivity contribution in [3.05, 3.63) is 56.5 Å². The molecule has 0 radical (unpaired) electrons. The van der Waals surface area contributed by atoms with Gasteiger partial charge < -0.3 is 9.84 Å². The van der Waals surface area contributed by atoms with Crippen molar-refractivity contribution in [2.75, 3.05) is 0 Å².